The summed E-state index contributed by atoms with van der Waals surface area (Å²) in [5, 5.41) is 1.16. The first-order valence-corrected chi connectivity index (χ1v) is 8.08. The van der Waals surface area contributed by atoms with Gasteiger partial charge in [-0.05, 0) is 42.5 Å². The third-order valence-electron chi connectivity index (χ3n) is 3.06. The molecule has 1 saturated carbocycles. The van der Waals surface area contributed by atoms with E-state index in [9.17, 15) is 0 Å². The average Bonchev–Trinajstić information content (AvgIpc) is 2.20. The first-order chi connectivity index (χ1) is 7.24. The summed E-state index contributed by atoms with van der Waals surface area (Å²) in [7, 11) is 0. The van der Waals surface area contributed by atoms with Crippen molar-refractivity contribution in [2.24, 2.45) is 5.41 Å². The number of benzene rings is 1. The Bertz CT molecular complexity index is 311. The minimum absolute atomic E-state index is 0.581. The van der Waals surface area contributed by atoms with Gasteiger partial charge in [0.2, 0.25) is 0 Å². The summed E-state index contributed by atoms with van der Waals surface area (Å²) in [6, 6.07) is 8.61. The Balaban J connectivity index is 1.90. The van der Waals surface area contributed by atoms with Crippen molar-refractivity contribution < 1.29 is 0 Å². The largest absolute Gasteiger partial charge is 0.126 e. The van der Waals surface area contributed by atoms with Crippen LogP contribution in [-0.2, 0) is 0 Å². The zero-order chi connectivity index (χ0) is 10.7. The predicted octanol–water partition coefficient (Wildman–Crippen LogP) is 5.11. The maximum Gasteiger partial charge on any atom is 0.0176 e. The lowest BCUT2D eigenvalue weighted by molar-refractivity contribution is 0.206. The van der Waals surface area contributed by atoms with Gasteiger partial charge in [0.25, 0.3) is 0 Å². The first kappa shape index (κ1) is 12.0. The van der Waals surface area contributed by atoms with Crippen molar-refractivity contribution in [2.75, 3.05) is 11.1 Å². The van der Waals surface area contributed by atoms with Gasteiger partial charge in [-0.1, -0.05) is 38.3 Å². The Kier molecular flexibility index (Phi) is 4.19. The lowest BCUT2D eigenvalue weighted by atomic mass is 9.72. The number of halogens is 2. The second-order valence-corrected chi connectivity index (χ2v) is 6.75. The van der Waals surface area contributed by atoms with E-state index in [1.165, 1.54) is 29.9 Å². The van der Waals surface area contributed by atoms with Crippen LogP contribution in [0.1, 0.15) is 19.3 Å². The van der Waals surface area contributed by atoms with Crippen molar-refractivity contribution >= 4 is 43.6 Å². The van der Waals surface area contributed by atoms with Gasteiger partial charge in [-0.3, -0.25) is 0 Å². The van der Waals surface area contributed by atoms with E-state index in [0.717, 1.165) is 9.80 Å². The second kappa shape index (κ2) is 5.24. The zero-order valence-corrected chi connectivity index (χ0v) is 12.5. The summed E-state index contributed by atoms with van der Waals surface area (Å²) >= 11 is 9.09. The van der Waals surface area contributed by atoms with Gasteiger partial charge >= 0.3 is 0 Å². The Labute approximate surface area is 112 Å². The third kappa shape index (κ3) is 3.01. The van der Waals surface area contributed by atoms with Crippen LogP contribution in [0.4, 0.5) is 0 Å². The molecular weight excluding hydrogens is 336 g/mol. The minimum Gasteiger partial charge on any atom is -0.126 e. The molecule has 3 heteroatoms. The first-order valence-electron chi connectivity index (χ1n) is 5.18. The van der Waals surface area contributed by atoms with E-state index in [2.05, 4.69) is 56.1 Å². The van der Waals surface area contributed by atoms with Crippen molar-refractivity contribution in [2.45, 2.75) is 24.2 Å². The van der Waals surface area contributed by atoms with Crippen LogP contribution >= 0.6 is 43.6 Å². The van der Waals surface area contributed by atoms with Crippen LogP contribution in [0.5, 0.6) is 0 Å². The molecule has 0 radical (unpaired) electrons. The van der Waals surface area contributed by atoms with Crippen molar-refractivity contribution in [3.8, 4) is 0 Å². The Morgan fingerprint density at radius 3 is 2.33 bits per heavy atom. The highest BCUT2D eigenvalue weighted by atomic mass is 79.9. The summed E-state index contributed by atoms with van der Waals surface area (Å²) in [6.45, 7) is 0. The van der Waals surface area contributed by atoms with Gasteiger partial charge in [0.1, 0.15) is 0 Å². The summed E-state index contributed by atoms with van der Waals surface area (Å²) in [5.74, 6) is 1.25. The Morgan fingerprint density at radius 2 is 1.87 bits per heavy atom. The number of rotatable bonds is 4. The molecule has 1 fully saturated rings. The Morgan fingerprint density at radius 1 is 1.20 bits per heavy atom. The number of hydrogen-bond acceptors (Lipinski definition) is 1. The molecule has 0 nitrogen and oxygen atoms in total. The molecule has 0 amide bonds. The Hall–Kier alpha value is 0.530. The lowest BCUT2D eigenvalue weighted by Gasteiger charge is -2.40. The van der Waals surface area contributed by atoms with Crippen molar-refractivity contribution in [1.82, 2.24) is 0 Å². The second-order valence-electron chi connectivity index (χ2n) is 4.23. The third-order valence-corrected chi connectivity index (χ3v) is 6.14. The SMILES string of the molecule is BrCC1(CSc2ccc(Br)cc2)CCC1. The van der Waals surface area contributed by atoms with Crippen LogP contribution in [0.25, 0.3) is 0 Å². The summed E-state index contributed by atoms with van der Waals surface area (Å²) in [4.78, 5) is 1.38. The van der Waals surface area contributed by atoms with Crippen LogP contribution in [-0.4, -0.2) is 11.1 Å². The van der Waals surface area contributed by atoms with Gasteiger partial charge in [0.15, 0.2) is 0 Å². The summed E-state index contributed by atoms with van der Waals surface area (Å²) in [6.07, 6.45) is 4.19. The van der Waals surface area contributed by atoms with Gasteiger partial charge in [0.05, 0.1) is 0 Å². The molecule has 1 aromatic rings. The fourth-order valence-corrected chi connectivity index (χ4v) is 4.24. The van der Waals surface area contributed by atoms with Crippen LogP contribution in [0.2, 0.25) is 0 Å². The lowest BCUT2D eigenvalue weighted by Crippen LogP contribution is -2.33. The highest BCUT2D eigenvalue weighted by molar-refractivity contribution is 9.10. The van der Waals surface area contributed by atoms with Crippen LogP contribution in [0.3, 0.4) is 0 Å². The fraction of sp³-hybridized carbons (Fsp3) is 0.500. The maximum atomic E-state index is 3.65. The van der Waals surface area contributed by atoms with E-state index >= 15 is 0 Å². The van der Waals surface area contributed by atoms with E-state index in [0.29, 0.717) is 5.41 Å². The molecule has 0 spiro atoms. The van der Waals surface area contributed by atoms with Crippen LogP contribution in [0.15, 0.2) is 33.6 Å². The van der Waals surface area contributed by atoms with E-state index in [-0.39, 0.29) is 0 Å². The van der Waals surface area contributed by atoms with Gasteiger partial charge < -0.3 is 0 Å². The molecule has 0 heterocycles. The molecule has 0 unspecified atom stereocenters. The molecule has 0 bridgehead atoms. The molecule has 1 aliphatic carbocycles. The molecule has 0 atom stereocenters. The maximum absolute atomic E-state index is 3.65. The topological polar surface area (TPSA) is 0 Å². The van der Waals surface area contributed by atoms with Gasteiger partial charge in [-0.25, -0.2) is 0 Å². The van der Waals surface area contributed by atoms with Crippen molar-refractivity contribution in [1.29, 1.82) is 0 Å². The fourth-order valence-electron chi connectivity index (χ4n) is 1.76. The quantitative estimate of drug-likeness (QED) is 0.537. The zero-order valence-electron chi connectivity index (χ0n) is 8.51. The highest BCUT2D eigenvalue weighted by Crippen LogP contribution is 2.45. The van der Waals surface area contributed by atoms with E-state index < -0.39 is 0 Å². The molecule has 82 valence electrons. The molecule has 0 saturated heterocycles. The monoisotopic (exact) mass is 348 g/mol. The molecular formula is C12H14Br2S. The van der Waals surface area contributed by atoms with E-state index in [1.807, 2.05) is 11.8 Å². The molecule has 0 N–H and O–H groups in total. The summed E-state index contributed by atoms with van der Waals surface area (Å²) < 4.78 is 1.16. The number of hydrogen-bond donors (Lipinski definition) is 0. The van der Waals surface area contributed by atoms with E-state index in [4.69, 9.17) is 0 Å². The molecule has 1 aliphatic rings. The summed E-state index contributed by atoms with van der Waals surface area (Å²) in [5.41, 5.74) is 0.581. The molecule has 0 aliphatic heterocycles. The van der Waals surface area contributed by atoms with Crippen LogP contribution < -0.4 is 0 Å². The molecule has 1 aromatic carbocycles. The molecule has 0 aromatic heterocycles. The predicted molar refractivity (Wildman–Crippen MR) is 74.9 cm³/mol. The molecule has 2 rings (SSSR count). The van der Waals surface area contributed by atoms with Crippen LogP contribution in [0, 0.1) is 5.41 Å². The van der Waals surface area contributed by atoms with Crippen molar-refractivity contribution in [3.05, 3.63) is 28.7 Å². The normalized spacial score (nSPS) is 18.5. The minimum atomic E-state index is 0.581. The highest BCUT2D eigenvalue weighted by Gasteiger charge is 2.35. The van der Waals surface area contributed by atoms with Gasteiger partial charge in [-0.2, -0.15) is 0 Å². The molecule has 15 heavy (non-hydrogen) atoms. The van der Waals surface area contributed by atoms with Gasteiger partial charge in [-0.15, -0.1) is 11.8 Å². The number of alkyl halides is 1. The standard InChI is InChI=1S/C12H14Br2S/c13-8-12(6-1-7-12)9-15-11-4-2-10(14)3-5-11/h2-5H,1,6-9H2. The van der Waals surface area contributed by atoms with Crippen molar-refractivity contribution in [3.63, 3.8) is 0 Å². The average molecular weight is 350 g/mol. The van der Waals surface area contributed by atoms with E-state index in [1.54, 1.807) is 0 Å². The smallest absolute Gasteiger partial charge is 0.0176 e. The van der Waals surface area contributed by atoms with Gasteiger partial charge in [0, 0.05) is 20.5 Å². The number of thioether (sulfide) groups is 1.